The standard InChI is InChI=1S/C23H35ClN4O8/c24-18-1-3-20(4-2-18)36-17-19(29)15-28(16-23(34)35)11-6-25-5-7-26(13-21(30)31)8-9-27(10-12-28)14-22(32)33/h1-4,19,25,29H,5-17H2,(H2-,30,31,32,33,34,35)/p+1. The fraction of sp³-hybridized carbons (Fsp3) is 0.609. The fourth-order valence-electron chi connectivity index (χ4n) is 4.26. The predicted molar refractivity (Wildman–Crippen MR) is 131 cm³/mol. The maximum atomic E-state index is 11.8. The molecule has 0 spiro atoms. The van der Waals surface area contributed by atoms with Gasteiger partial charge in [-0.2, -0.15) is 0 Å². The van der Waals surface area contributed by atoms with Gasteiger partial charge in [-0.1, -0.05) is 11.6 Å². The lowest BCUT2D eigenvalue weighted by Crippen LogP contribution is -2.61. The first-order valence-electron chi connectivity index (χ1n) is 11.8. The number of ether oxygens (including phenoxy) is 1. The minimum atomic E-state index is -1.03. The molecule has 1 fully saturated rings. The summed E-state index contributed by atoms with van der Waals surface area (Å²) >= 11 is 5.88. The molecule has 5 N–H and O–H groups in total. The Kier molecular flexibility index (Phi) is 12.3. The number of carbonyl (C=O) groups is 3. The van der Waals surface area contributed by atoms with Gasteiger partial charge in [0.2, 0.25) is 0 Å². The number of aliphatic hydroxyl groups is 1. The second-order valence-corrected chi connectivity index (χ2v) is 9.47. The molecule has 0 saturated carbocycles. The van der Waals surface area contributed by atoms with Crippen LogP contribution < -0.4 is 10.1 Å². The lowest BCUT2D eigenvalue weighted by atomic mass is 10.2. The van der Waals surface area contributed by atoms with Crippen LogP contribution >= 0.6 is 11.6 Å². The number of carboxylic acids is 3. The SMILES string of the molecule is O=C(O)CN1CCNCC[N+](CC(=O)O)(CC(O)COc2ccc(Cl)cc2)CCN(CC(=O)O)CC1. The molecule has 2 unspecified atom stereocenters. The average molecular weight is 532 g/mol. The van der Waals surface area contributed by atoms with Crippen molar-refractivity contribution in [1.82, 2.24) is 15.1 Å². The Morgan fingerprint density at radius 1 is 0.917 bits per heavy atom. The fourth-order valence-corrected chi connectivity index (χ4v) is 4.39. The van der Waals surface area contributed by atoms with Gasteiger partial charge in [0.05, 0.1) is 26.2 Å². The Morgan fingerprint density at radius 2 is 1.53 bits per heavy atom. The van der Waals surface area contributed by atoms with E-state index in [1.54, 1.807) is 34.1 Å². The summed E-state index contributed by atoms with van der Waals surface area (Å²) in [6, 6.07) is 6.68. The van der Waals surface area contributed by atoms with E-state index in [0.717, 1.165) is 0 Å². The molecular weight excluding hydrogens is 496 g/mol. The quantitative estimate of drug-likeness (QED) is 0.231. The van der Waals surface area contributed by atoms with E-state index in [2.05, 4.69) is 5.32 Å². The van der Waals surface area contributed by atoms with Crippen molar-refractivity contribution in [1.29, 1.82) is 0 Å². The van der Waals surface area contributed by atoms with Gasteiger partial charge in [-0.3, -0.25) is 19.4 Å². The number of nitrogens with zero attached hydrogens (tertiary/aromatic N) is 3. The van der Waals surface area contributed by atoms with Crippen LogP contribution in [0, 0.1) is 0 Å². The van der Waals surface area contributed by atoms with E-state index in [1.807, 2.05) is 0 Å². The van der Waals surface area contributed by atoms with Gasteiger partial charge in [0, 0.05) is 44.3 Å². The van der Waals surface area contributed by atoms with Crippen LogP contribution in [0.3, 0.4) is 0 Å². The highest BCUT2D eigenvalue weighted by molar-refractivity contribution is 6.30. The lowest BCUT2D eigenvalue weighted by molar-refractivity contribution is -0.922. The number of quaternary nitrogens is 1. The summed E-state index contributed by atoms with van der Waals surface area (Å²) in [6.07, 6.45) is -0.966. The average Bonchev–Trinajstić information content (AvgIpc) is 2.78. The number of nitrogens with one attached hydrogen (secondary N) is 1. The van der Waals surface area contributed by atoms with Gasteiger partial charge in [0.25, 0.3) is 0 Å². The zero-order chi connectivity index (χ0) is 26.6. The number of aliphatic hydroxyl groups excluding tert-OH is 1. The molecule has 1 aromatic rings. The van der Waals surface area contributed by atoms with Crippen molar-refractivity contribution in [3.63, 3.8) is 0 Å². The van der Waals surface area contributed by atoms with Crippen molar-refractivity contribution < 1.29 is 44.0 Å². The van der Waals surface area contributed by atoms with E-state index in [9.17, 15) is 29.7 Å². The summed E-state index contributed by atoms with van der Waals surface area (Å²) in [5, 5.41) is 42.7. The van der Waals surface area contributed by atoms with Crippen molar-refractivity contribution >= 4 is 29.5 Å². The predicted octanol–water partition coefficient (Wildman–Crippen LogP) is -0.642. The zero-order valence-corrected chi connectivity index (χ0v) is 21.0. The van der Waals surface area contributed by atoms with E-state index in [1.165, 1.54) is 0 Å². The van der Waals surface area contributed by atoms with Gasteiger partial charge in [-0.15, -0.1) is 0 Å². The van der Waals surface area contributed by atoms with Crippen molar-refractivity contribution in [2.24, 2.45) is 0 Å². The Balaban J connectivity index is 2.14. The second kappa shape index (κ2) is 14.9. The van der Waals surface area contributed by atoms with Crippen molar-refractivity contribution in [2.45, 2.75) is 6.10 Å². The maximum Gasteiger partial charge on any atom is 0.359 e. The second-order valence-electron chi connectivity index (χ2n) is 9.03. The molecule has 1 saturated heterocycles. The number of benzene rings is 1. The van der Waals surface area contributed by atoms with Gasteiger partial charge in [0.15, 0.2) is 6.54 Å². The van der Waals surface area contributed by atoms with E-state index in [-0.39, 0.29) is 50.4 Å². The number of rotatable bonds is 11. The van der Waals surface area contributed by atoms with E-state index < -0.39 is 24.0 Å². The van der Waals surface area contributed by atoms with E-state index in [0.29, 0.717) is 50.0 Å². The Labute approximate surface area is 215 Å². The summed E-state index contributed by atoms with van der Waals surface area (Å²) in [5.74, 6) is -2.48. The van der Waals surface area contributed by atoms with Crippen LogP contribution in [0.4, 0.5) is 0 Å². The zero-order valence-electron chi connectivity index (χ0n) is 20.2. The number of aliphatic carboxylic acids is 3. The van der Waals surface area contributed by atoms with Crippen LogP contribution in [-0.2, 0) is 14.4 Å². The van der Waals surface area contributed by atoms with Crippen LogP contribution in [0.5, 0.6) is 5.75 Å². The summed E-state index contributed by atoms with van der Waals surface area (Å²) in [6.45, 7) is 2.40. The first-order chi connectivity index (χ1) is 17.1. The highest BCUT2D eigenvalue weighted by atomic mass is 35.5. The molecule has 0 aromatic heterocycles. The molecule has 1 aliphatic heterocycles. The van der Waals surface area contributed by atoms with Crippen LogP contribution in [0.25, 0.3) is 0 Å². The molecule has 2 rings (SSSR count). The normalized spacial score (nSPS) is 21.6. The molecule has 0 amide bonds. The molecule has 0 radical (unpaired) electrons. The van der Waals surface area contributed by atoms with Crippen molar-refractivity contribution in [3.8, 4) is 5.75 Å². The monoisotopic (exact) mass is 531 g/mol. The summed E-state index contributed by atoms with van der Waals surface area (Å²) < 4.78 is 5.68. The smallest absolute Gasteiger partial charge is 0.359 e. The summed E-state index contributed by atoms with van der Waals surface area (Å²) in [5.41, 5.74) is 0. The highest BCUT2D eigenvalue weighted by Crippen LogP contribution is 2.17. The molecule has 1 heterocycles. The van der Waals surface area contributed by atoms with Crippen LogP contribution in [0.15, 0.2) is 24.3 Å². The van der Waals surface area contributed by atoms with Crippen LogP contribution in [0.1, 0.15) is 0 Å². The van der Waals surface area contributed by atoms with E-state index in [4.69, 9.17) is 21.4 Å². The molecule has 0 aliphatic carbocycles. The molecule has 1 aliphatic rings. The minimum absolute atomic E-state index is 0.0302. The van der Waals surface area contributed by atoms with Gasteiger partial charge < -0.3 is 35.0 Å². The van der Waals surface area contributed by atoms with Gasteiger partial charge in [0.1, 0.15) is 25.0 Å². The Morgan fingerprint density at radius 3 is 2.11 bits per heavy atom. The molecule has 0 bridgehead atoms. The molecular formula is C23H36ClN4O8+. The van der Waals surface area contributed by atoms with Crippen LogP contribution in [0.2, 0.25) is 5.02 Å². The van der Waals surface area contributed by atoms with E-state index >= 15 is 0 Å². The number of hydrogen-bond donors (Lipinski definition) is 5. The molecule has 36 heavy (non-hydrogen) atoms. The first-order valence-corrected chi connectivity index (χ1v) is 12.2. The Hall–Kier alpha value is -2.48. The third-order valence-corrected chi connectivity index (χ3v) is 6.29. The minimum Gasteiger partial charge on any atom is -0.491 e. The summed E-state index contributed by atoms with van der Waals surface area (Å²) in [7, 11) is 0. The highest BCUT2D eigenvalue weighted by Gasteiger charge is 2.34. The van der Waals surface area contributed by atoms with Crippen molar-refractivity contribution in [3.05, 3.63) is 29.3 Å². The lowest BCUT2D eigenvalue weighted by Gasteiger charge is -2.40. The van der Waals surface area contributed by atoms with Crippen LogP contribution in [-0.4, -0.2) is 144 Å². The molecule has 1 aromatic carbocycles. The molecule has 202 valence electrons. The van der Waals surface area contributed by atoms with Crippen molar-refractivity contribution in [2.75, 3.05) is 85.1 Å². The van der Waals surface area contributed by atoms with Gasteiger partial charge in [-0.05, 0) is 24.3 Å². The topological polar surface area (TPSA) is 160 Å². The van der Waals surface area contributed by atoms with Gasteiger partial charge >= 0.3 is 17.9 Å². The number of hydrogen-bond acceptors (Lipinski definition) is 8. The molecule has 13 heteroatoms. The number of carboxylic acid groups (broad SMARTS) is 3. The first kappa shape index (κ1) is 29.7. The largest absolute Gasteiger partial charge is 0.491 e. The maximum absolute atomic E-state index is 11.8. The third-order valence-electron chi connectivity index (χ3n) is 6.03. The van der Waals surface area contributed by atoms with Gasteiger partial charge in [-0.25, -0.2) is 4.79 Å². The number of halogens is 1. The third kappa shape index (κ3) is 11.5. The Bertz CT molecular complexity index is 859. The molecule has 12 nitrogen and oxygen atoms in total. The molecule has 2 atom stereocenters. The summed E-state index contributed by atoms with van der Waals surface area (Å²) in [4.78, 5) is 37.9.